The van der Waals surface area contributed by atoms with Crippen LogP contribution in [-0.4, -0.2) is 12.1 Å². The smallest absolute Gasteiger partial charge is 0.120 e. The largest absolute Gasteiger partial charge is 0.492 e. The normalized spacial score (nSPS) is 10.7. The molecule has 14 heavy (non-hydrogen) atoms. The molecular weight excluding hydrogens is 176 g/mol. The van der Waals surface area contributed by atoms with Crippen LogP contribution in [-0.2, 0) is 0 Å². The van der Waals surface area contributed by atoms with Gasteiger partial charge in [-0.05, 0) is 32.0 Å². The monoisotopic (exact) mass is 190 g/mol. The number of benzene rings is 1. The molecule has 0 saturated carbocycles. The van der Waals surface area contributed by atoms with E-state index in [1.54, 1.807) is 18.2 Å². The first-order chi connectivity index (χ1) is 6.51. The quantitative estimate of drug-likeness (QED) is 0.788. The van der Waals surface area contributed by atoms with Gasteiger partial charge < -0.3 is 10.5 Å². The lowest BCUT2D eigenvalue weighted by Crippen LogP contribution is -2.38. The summed E-state index contributed by atoms with van der Waals surface area (Å²) < 4.78 is 5.44. The minimum absolute atomic E-state index is 0.358. The Balaban J connectivity index is 2.65. The van der Waals surface area contributed by atoms with Gasteiger partial charge in [0, 0.05) is 5.54 Å². The molecule has 3 heteroatoms. The van der Waals surface area contributed by atoms with Gasteiger partial charge in [0.05, 0.1) is 11.6 Å². The van der Waals surface area contributed by atoms with E-state index in [-0.39, 0.29) is 5.54 Å². The first kappa shape index (κ1) is 10.6. The van der Waals surface area contributed by atoms with Crippen molar-refractivity contribution in [2.75, 3.05) is 6.61 Å². The molecule has 0 aliphatic rings. The maximum absolute atomic E-state index is 8.66. The molecule has 0 atom stereocenters. The van der Waals surface area contributed by atoms with Crippen LogP contribution in [0.5, 0.6) is 5.75 Å². The molecule has 0 saturated heterocycles. The molecule has 2 N–H and O–H groups in total. The van der Waals surface area contributed by atoms with Crippen LogP contribution < -0.4 is 10.5 Å². The van der Waals surface area contributed by atoms with E-state index in [1.165, 1.54) is 0 Å². The summed E-state index contributed by atoms with van der Waals surface area (Å²) >= 11 is 0. The lowest BCUT2D eigenvalue weighted by atomic mass is 10.1. The molecule has 0 aliphatic heterocycles. The molecule has 0 radical (unpaired) electrons. The van der Waals surface area contributed by atoms with Crippen LogP contribution >= 0.6 is 0 Å². The van der Waals surface area contributed by atoms with Gasteiger partial charge in [-0.15, -0.1) is 0 Å². The Kier molecular flexibility index (Phi) is 3.10. The zero-order valence-electron chi connectivity index (χ0n) is 8.45. The Morgan fingerprint density at radius 1 is 1.50 bits per heavy atom. The summed E-state index contributed by atoms with van der Waals surface area (Å²) in [6.07, 6.45) is 0. The van der Waals surface area contributed by atoms with Gasteiger partial charge in [0.2, 0.25) is 0 Å². The van der Waals surface area contributed by atoms with E-state index in [0.29, 0.717) is 17.9 Å². The van der Waals surface area contributed by atoms with Gasteiger partial charge in [0.15, 0.2) is 0 Å². The van der Waals surface area contributed by atoms with Crippen LogP contribution in [0.2, 0.25) is 0 Å². The van der Waals surface area contributed by atoms with Crippen molar-refractivity contribution in [1.82, 2.24) is 0 Å². The van der Waals surface area contributed by atoms with Crippen molar-refractivity contribution in [3.8, 4) is 11.8 Å². The van der Waals surface area contributed by atoms with E-state index in [1.807, 2.05) is 19.9 Å². The number of hydrogen-bond acceptors (Lipinski definition) is 3. The highest BCUT2D eigenvalue weighted by Crippen LogP contribution is 2.13. The van der Waals surface area contributed by atoms with Gasteiger partial charge in [-0.25, -0.2) is 0 Å². The van der Waals surface area contributed by atoms with Gasteiger partial charge in [-0.3, -0.25) is 0 Å². The number of rotatable bonds is 3. The van der Waals surface area contributed by atoms with E-state index in [9.17, 15) is 0 Å². The number of nitrogens with zero attached hydrogens (tertiary/aromatic N) is 1. The summed E-state index contributed by atoms with van der Waals surface area (Å²) in [5.74, 6) is 0.683. The minimum Gasteiger partial charge on any atom is -0.492 e. The summed E-state index contributed by atoms with van der Waals surface area (Å²) in [6, 6.07) is 9.09. The molecule has 74 valence electrons. The highest BCUT2D eigenvalue weighted by Gasteiger charge is 2.11. The third kappa shape index (κ3) is 3.46. The fraction of sp³-hybridized carbons (Fsp3) is 0.364. The Bertz CT molecular complexity index is 347. The summed E-state index contributed by atoms with van der Waals surface area (Å²) in [4.78, 5) is 0. The van der Waals surface area contributed by atoms with Gasteiger partial charge in [0.25, 0.3) is 0 Å². The summed E-state index contributed by atoms with van der Waals surface area (Å²) in [7, 11) is 0. The van der Waals surface area contributed by atoms with Crippen molar-refractivity contribution < 1.29 is 4.74 Å². The SMILES string of the molecule is CC(C)(N)COc1cccc(C#N)c1. The van der Waals surface area contributed by atoms with E-state index in [4.69, 9.17) is 15.7 Å². The lowest BCUT2D eigenvalue weighted by Gasteiger charge is -2.18. The third-order valence-electron chi connectivity index (χ3n) is 1.57. The fourth-order valence-electron chi connectivity index (χ4n) is 0.925. The molecular formula is C11H14N2O. The second-order valence-electron chi connectivity index (χ2n) is 3.92. The Morgan fingerprint density at radius 3 is 2.79 bits per heavy atom. The fourth-order valence-corrected chi connectivity index (χ4v) is 0.925. The zero-order valence-corrected chi connectivity index (χ0v) is 8.45. The van der Waals surface area contributed by atoms with E-state index >= 15 is 0 Å². The molecule has 1 rings (SSSR count). The lowest BCUT2D eigenvalue weighted by molar-refractivity contribution is 0.243. The second-order valence-corrected chi connectivity index (χ2v) is 3.92. The highest BCUT2D eigenvalue weighted by molar-refractivity contribution is 5.36. The Labute approximate surface area is 84.1 Å². The van der Waals surface area contributed by atoms with Crippen molar-refractivity contribution in [1.29, 1.82) is 5.26 Å². The highest BCUT2D eigenvalue weighted by atomic mass is 16.5. The van der Waals surface area contributed by atoms with Crippen LogP contribution in [0.15, 0.2) is 24.3 Å². The van der Waals surface area contributed by atoms with Crippen molar-refractivity contribution >= 4 is 0 Å². The van der Waals surface area contributed by atoms with Crippen LogP contribution in [0.3, 0.4) is 0 Å². The topological polar surface area (TPSA) is 59.0 Å². The van der Waals surface area contributed by atoms with Crippen LogP contribution in [0.4, 0.5) is 0 Å². The van der Waals surface area contributed by atoms with Gasteiger partial charge in [-0.2, -0.15) is 5.26 Å². The summed E-state index contributed by atoms with van der Waals surface area (Å²) in [5, 5.41) is 8.66. The predicted octanol–water partition coefficient (Wildman–Crippen LogP) is 1.67. The number of nitriles is 1. The standard InChI is InChI=1S/C11H14N2O/c1-11(2,13)8-14-10-5-3-4-9(6-10)7-12/h3-6H,8,13H2,1-2H3. The maximum atomic E-state index is 8.66. The van der Waals surface area contributed by atoms with Gasteiger partial charge in [-0.1, -0.05) is 6.07 Å². The molecule has 0 unspecified atom stereocenters. The Morgan fingerprint density at radius 2 is 2.21 bits per heavy atom. The minimum atomic E-state index is -0.358. The molecule has 1 aromatic rings. The molecule has 0 heterocycles. The Hall–Kier alpha value is -1.53. The third-order valence-corrected chi connectivity index (χ3v) is 1.57. The van der Waals surface area contributed by atoms with Crippen molar-refractivity contribution in [3.63, 3.8) is 0 Å². The van der Waals surface area contributed by atoms with Gasteiger partial charge in [0.1, 0.15) is 12.4 Å². The molecule has 0 aromatic heterocycles. The summed E-state index contributed by atoms with van der Waals surface area (Å²) in [5.41, 5.74) is 6.00. The maximum Gasteiger partial charge on any atom is 0.120 e. The first-order valence-electron chi connectivity index (χ1n) is 4.43. The molecule has 0 fully saturated rings. The average Bonchev–Trinajstić information content (AvgIpc) is 2.14. The molecule has 0 bridgehead atoms. The molecule has 0 aliphatic carbocycles. The first-order valence-corrected chi connectivity index (χ1v) is 4.43. The van der Waals surface area contributed by atoms with Crippen molar-refractivity contribution in [2.24, 2.45) is 5.73 Å². The van der Waals surface area contributed by atoms with E-state index in [0.717, 1.165) is 0 Å². The van der Waals surface area contributed by atoms with Crippen LogP contribution in [0.25, 0.3) is 0 Å². The molecule has 3 nitrogen and oxygen atoms in total. The second kappa shape index (κ2) is 4.12. The van der Waals surface area contributed by atoms with E-state index < -0.39 is 0 Å². The van der Waals surface area contributed by atoms with Crippen LogP contribution in [0.1, 0.15) is 19.4 Å². The molecule has 0 amide bonds. The summed E-state index contributed by atoms with van der Waals surface area (Å²) in [6.45, 7) is 4.21. The number of nitrogens with two attached hydrogens (primary N) is 1. The van der Waals surface area contributed by atoms with Crippen molar-refractivity contribution in [2.45, 2.75) is 19.4 Å². The van der Waals surface area contributed by atoms with Crippen LogP contribution in [0, 0.1) is 11.3 Å². The van der Waals surface area contributed by atoms with Gasteiger partial charge >= 0.3 is 0 Å². The van der Waals surface area contributed by atoms with Crippen molar-refractivity contribution in [3.05, 3.63) is 29.8 Å². The average molecular weight is 190 g/mol. The zero-order chi connectivity index (χ0) is 10.6. The predicted molar refractivity (Wildman–Crippen MR) is 54.9 cm³/mol. The molecule has 1 aromatic carbocycles. The number of ether oxygens (including phenoxy) is 1. The number of hydrogen-bond donors (Lipinski definition) is 1. The van der Waals surface area contributed by atoms with E-state index in [2.05, 4.69) is 6.07 Å². The molecule has 0 spiro atoms.